The maximum atomic E-state index is 10.6. The Kier molecular flexibility index (Phi) is 8.10. The van der Waals surface area contributed by atoms with Gasteiger partial charge in [-0.1, -0.05) is 108 Å². The normalized spacial score (nSPS) is 10.8. The number of benzene rings is 5. The van der Waals surface area contributed by atoms with Crippen LogP contribution in [0.4, 0.5) is 17.1 Å². The van der Waals surface area contributed by atoms with Crippen LogP contribution in [-0.4, -0.2) is 16.0 Å². The molecule has 0 aliphatic rings. The van der Waals surface area contributed by atoms with Crippen LogP contribution in [0, 0.1) is 30.6 Å². The van der Waals surface area contributed by atoms with Crippen molar-refractivity contribution in [3.8, 4) is 23.2 Å². The van der Waals surface area contributed by atoms with Crippen LogP contribution < -0.4 is 9.47 Å². The third-order valence-electron chi connectivity index (χ3n) is 6.53. The molecule has 0 bridgehead atoms. The molecule has 41 heavy (non-hydrogen) atoms. The minimum absolute atomic E-state index is 0. The Balaban J connectivity index is 0.00000337. The van der Waals surface area contributed by atoms with Crippen LogP contribution in [0.2, 0.25) is 0 Å². The predicted octanol–water partition coefficient (Wildman–Crippen LogP) is 6.77. The molecule has 6 nitrogen and oxygen atoms in total. The Bertz CT molecular complexity index is 1910. The van der Waals surface area contributed by atoms with Crippen LogP contribution in [0.15, 0.2) is 120 Å². The topological polar surface area (TPSA) is 68.4 Å². The van der Waals surface area contributed by atoms with E-state index in [1.165, 1.54) is 0 Å². The van der Waals surface area contributed by atoms with Gasteiger partial charge in [-0.25, -0.2) is 6.07 Å². The third-order valence-corrected chi connectivity index (χ3v) is 6.53. The number of hydrogen-bond donors (Lipinski definition) is 1. The molecule has 202 valence electrons. The number of imidazole rings is 1. The van der Waals surface area contributed by atoms with Crippen LogP contribution in [0.3, 0.4) is 0 Å². The van der Waals surface area contributed by atoms with Crippen molar-refractivity contribution in [2.75, 3.05) is 4.90 Å². The summed E-state index contributed by atoms with van der Waals surface area (Å²) in [6.07, 6.45) is 6.54. The Morgan fingerprint density at radius 2 is 1.61 bits per heavy atom. The fourth-order valence-corrected chi connectivity index (χ4v) is 4.58. The molecule has 0 fully saturated rings. The van der Waals surface area contributed by atoms with Crippen LogP contribution in [-0.2, 0) is 21.1 Å². The van der Waals surface area contributed by atoms with Crippen LogP contribution >= 0.6 is 0 Å². The number of aromatic hydroxyl groups is 1. The maximum absolute atomic E-state index is 10.6. The number of aryl methyl sites for hydroxylation is 1. The van der Waals surface area contributed by atoms with E-state index >= 15 is 0 Å². The first-order chi connectivity index (χ1) is 19.6. The molecule has 0 spiro atoms. The van der Waals surface area contributed by atoms with Crippen molar-refractivity contribution in [2.24, 2.45) is 4.99 Å². The van der Waals surface area contributed by atoms with E-state index < -0.39 is 0 Å². The van der Waals surface area contributed by atoms with Gasteiger partial charge in [0.2, 0.25) is 0 Å². The van der Waals surface area contributed by atoms with E-state index in [0.29, 0.717) is 22.6 Å². The molecule has 0 saturated heterocycles. The van der Waals surface area contributed by atoms with Gasteiger partial charge in [0.1, 0.15) is 11.4 Å². The van der Waals surface area contributed by atoms with Crippen molar-refractivity contribution in [1.82, 2.24) is 4.57 Å². The molecule has 7 heteroatoms. The van der Waals surface area contributed by atoms with Gasteiger partial charge in [0.15, 0.2) is 0 Å². The number of phenols is 1. The summed E-state index contributed by atoms with van der Waals surface area (Å²) in [6.45, 7) is 2.02. The average molecular weight is 713 g/mol. The first kappa shape index (κ1) is 27.6. The number of hydrogen-bond acceptors (Lipinski definition) is 3. The van der Waals surface area contributed by atoms with Gasteiger partial charge < -0.3 is 19.6 Å². The van der Waals surface area contributed by atoms with E-state index in [9.17, 15) is 10.4 Å². The molecule has 0 aliphatic heterocycles. The third kappa shape index (κ3) is 5.54. The van der Waals surface area contributed by atoms with E-state index in [0.717, 1.165) is 28.0 Å². The van der Waals surface area contributed by atoms with Gasteiger partial charge in [0.05, 0.1) is 17.1 Å². The van der Waals surface area contributed by atoms with Crippen molar-refractivity contribution in [1.29, 1.82) is 5.26 Å². The number of aliphatic imine (C=N–C) groups is 1. The summed E-state index contributed by atoms with van der Waals surface area (Å²) in [5.41, 5.74) is 6.58. The number of fused-ring (bicyclic) bond motifs is 1. The molecular weight excluding hydrogens is 689 g/mol. The van der Waals surface area contributed by atoms with Gasteiger partial charge in [-0.2, -0.15) is 17.0 Å². The molecular formula is C34H23N5OPt-2. The molecule has 1 aromatic heterocycles. The molecule has 0 radical (unpaired) electrons. The van der Waals surface area contributed by atoms with Crippen molar-refractivity contribution >= 4 is 34.4 Å². The van der Waals surface area contributed by atoms with Gasteiger partial charge in [-0.05, 0) is 30.4 Å². The Morgan fingerprint density at radius 3 is 2.39 bits per heavy atom. The maximum Gasteiger partial charge on any atom is 0.268 e. The molecule has 0 amide bonds. The number of nitrogens with zero attached hydrogens (tertiary/aromatic N) is 5. The summed E-state index contributed by atoms with van der Waals surface area (Å²) in [5, 5.41) is 20.6. The molecule has 0 unspecified atom stereocenters. The molecule has 0 saturated carbocycles. The first-order valence-corrected chi connectivity index (χ1v) is 12.7. The minimum Gasteiger partial charge on any atom is -0.511 e. The van der Waals surface area contributed by atoms with Gasteiger partial charge in [-0.15, -0.1) is 6.07 Å². The number of anilines is 2. The number of nitriles is 1. The van der Waals surface area contributed by atoms with Crippen LogP contribution in [0.25, 0.3) is 22.4 Å². The van der Waals surface area contributed by atoms with Crippen molar-refractivity contribution < 1.29 is 30.7 Å². The second kappa shape index (κ2) is 12.0. The van der Waals surface area contributed by atoms with E-state index in [-0.39, 0.29) is 26.8 Å². The van der Waals surface area contributed by atoms with Crippen LogP contribution in [0.5, 0.6) is 5.75 Å². The smallest absolute Gasteiger partial charge is 0.268 e. The zero-order valence-corrected chi connectivity index (χ0v) is 24.2. The van der Waals surface area contributed by atoms with E-state index in [4.69, 9.17) is 0 Å². The second-order valence-electron chi connectivity index (χ2n) is 9.17. The van der Waals surface area contributed by atoms with Gasteiger partial charge in [0.25, 0.3) is 6.33 Å². The van der Waals surface area contributed by atoms with Gasteiger partial charge in [0, 0.05) is 27.4 Å². The molecule has 6 aromatic rings. The van der Waals surface area contributed by atoms with Crippen LogP contribution in [0.1, 0.15) is 11.1 Å². The standard InChI is InChI=1S/C34H23N5O.Pt/c1-25-11-5-6-14-30(25)37(23-36-27-12-3-2-4-13-27)28-19-26(22-35)20-29(21-28)38-24-39(32-16-8-7-15-31(32)38)33-17-9-10-18-34(33)40;/h2-20,40H,1H3;/q-2;. The zero-order valence-electron chi connectivity index (χ0n) is 22.0. The molecule has 6 rings (SSSR count). The number of para-hydroxylation sites is 6. The molecule has 5 aromatic carbocycles. The van der Waals surface area contributed by atoms with Crippen molar-refractivity contribution in [2.45, 2.75) is 6.92 Å². The largest absolute Gasteiger partial charge is 0.511 e. The Hall–Kier alpha value is -4.98. The average Bonchev–Trinajstić information content (AvgIpc) is 3.38. The molecule has 1 N–H and O–H groups in total. The van der Waals surface area contributed by atoms with E-state index in [1.807, 2.05) is 107 Å². The first-order valence-electron chi connectivity index (χ1n) is 12.7. The SMILES string of the molecule is Cc1ccccc1N([C-]=Nc1ccccc1)c1[c-]c(-n2[c-][n+](-c3ccccc3O)c3ccccc32)cc(C#N)c1.[Pt]. The van der Waals surface area contributed by atoms with E-state index in [2.05, 4.69) is 29.8 Å². The summed E-state index contributed by atoms with van der Waals surface area (Å²) >= 11 is 0. The monoisotopic (exact) mass is 712 g/mol. The van der Waals surface area contributed by atoms with Crippen molar-refractivity contribution in [3.63, 3.8) is 0 Å². The van der Waals surface area contributed by atoms with E-state index in [1.54, 1.807) is 28.8 Å². The molecule has 0 atom stereocenters. The summed E-state index contributed by atoms with van der Waals surface area (Å²) in [5.74, 6) is 0.138. The second-order valence-corrected chi connectivity index (χ2v) is 9.17. The number of rotatable bonds is 6. The minimum atomic E-state index is 0. The molecule has 0 aliphatic carbocycles. The fraction of sp³-hybridized carbons (Fsp3) is 0.0294. The van der Waals surface area contributed by atoms with Crippen molar-refractivity contribution in [3.05, 3.63) is 139 Å². The Labute approximate surface area is 253 Å². The zero-order chi connectivity index (χ0) is 27.5. The number of aromatic nitrogens is 2. The quantitative estimate of drug-likeness (QED) is 0.0683. The Morgan fingerprint density at radius 1 is 0.902 bits per heavy atom. The summed E-state index contributed by atoms with van der Waals surface area (Å²) < 4.78 is 3.65. The van der Waals surface area contributed by atoms with Gasteiger partial charge >= 0.3 is 0 Å². The summed E-state index contributed by atoms with van der Waals surface area (Å²) in [4.78, 5) is 6.40. The van der Waals surface area contributed by atoms with Gasteiger partial charge in [-0.3, -0.25) is 4.57 Å². The summed E-state index contributed by atoms with van der Waals surface area (Å²) in [6, 6.07) is 41.8. The summed E-state index contributed by atoms with van der Waals surface area (Å²) in [7, 11) is 0. The number of phenolic OH excluding ortho intramolecular Hbond substituents is 1. The predicted molar refractivity (Wildman–Crippen MR) is 156 cm³/mol. The molecule has 1 heterocycles. The fourth-order valence-electron chi connectivity index (χ4n) is 4.58.